The van der Waals surface area contributed by atoms with Gasteiger partial charge in [0.1, 0.15) is 11.8 Å². The van der Waals surface area contributed by atoms with Crippen molar-refractivity contribution in [3.8, 4) is 5.75 Å². The average Bonchev–Trinajstić information content (AvgIpc) is 2.38. The third-order valence-corrected chi connectivity index (χ3v) is 3.32. The standard InChI is InChI=1S/C13H17NO3/c1-14-10-5-4-6-12(16-2)9(10)7-8-11(14)13(15)17-3/h4-6,11H,7-8H2,1-3H3. The highest BCUT2D eigenvalue weighted by Crippen LogP contribution is 2.35. The third-order valence-electron chi connectivity index (χ3n) is 3.32. The van der Waals surface area contributed by atoms with E-state index in [0.29, 0.717) is 0 Å². The molecule has 0 saturated carbocycles. The van der Waals surface area contributed by atoms with Gasteiger partial charge in [-0.15, -0.1) is 0 Å². The summed E-state index contributed by atoms with van der Waals surface area (Å²) in [4.78, 5) is 13.6. The van der Waals surface area contributed by atoms with E-state index in [1.165, 1.54) is 7.11 Å². The van der Waals surface area contributed by atoms with Crippen molar-refractivity contribution in [2.45, 2.75) is 18.9 Å². The summed E-state index contributed by atoms with van der Waals surface area (Å²) in [6, 6.07) is 5.70. The van der Waals surface area contributed by atoms with Crippen LogP contribution in [0.15, 0.2) is 18.2 Å². The van der Waals surface area contributed by atoms with Crippen LogP contribution in [0, 0.1) is 0 Å². The Morgan fingerprint density at radius 3 is 2.82 bits per heavy atom. The van der Waals surface area contributed by atoms with Crippen molar-refractivity contribution in [2.75, 3.05) is 26.2 Å². The number of benzene rings is 1. The molecule has 1 heterocycles. The van der Waals surface area contributed by atoms with Gasteiger partial charge in [-0.2, -0.15) is 0 Å². The number of hydrogen-bond acceptors (Lipinski definition) is 4. The number of ether oxygens (including phenoxy) is 2. The second kappa shape index (κ2) is 4.65. The summed E-state index contributed by atoms with van der Waals surface area (Å²) >= 11 is 0. The average molecular weight is 235 g/mol. The monoisotopic (exact) mass is 235 g/mol. The van der Waals surface area contributed by atoms with Gasteiger partial charge < -0.3 is 14.4 Å². The molecule has 0 spiro atoms. The molecule has 0 fully saturated rings. The van der Waals surface area contributed by atoms with E-state index in [9.17, 15) is 4.79 Å². The van der Waals surface area contributed by atoms with Gasteiger partial charge in [0.15, 0.2) is 0 Å². The minimum Gasteiger partial charge on any atom is -0.496 e. The molecule has 0 amide bonds. The maximum absolute atomic E-state index is 11.6. The second-order valence-electron chi connectivity index (χ2n) is 4.15. The SMILES string of the molecule is COC(=O)C1CCc2c(OC)cccc2N1C. The van der Waals surface area contributed by atoms with Crippen molar-refractivity contribution in [1.29, 1.82) is 0 Å². The molecule has 1 aliphatic heterocycles. The number of nitrogens with zero attached hydrogens (tertiary/aromatic N) is 1. The Balaban J connectivity index is 2.36. The van der Waals surface area contributed by atoms with Crippen LogP contribution >= 0.6 is 0 Å². The molecule has 1 aliphatic rings. The molecule has 0 radical (unpaired) electrons. The van der Waals surface area contributed by atoms with E-state index < -0.39 is 0 Å². The lowest BCUT2D eigenvalue weighted by Gasteiger charge is -2.34. The summed E-state index contributed by atoms with van der Waals surface area (Å²) in [6.45, 7) is 0. The van der Waals surface area contributed by atoms with Crippen LogP contribution in [0.1, 0.15) is 12.0 Å². The molecular weight excluding hydrogens is 218 g/mol. The number of rotatable bonds is 2. The number of likely N-dealkylation sites (N-methyl/N-ethyl adjacent to an activating group) is 1. The first-order valence-electron chi connectivity index (χ1n) is 5.65. The Hall–Kier alpha value is -1.71. The highest BCUT2D eigenvalue weighted by molar-refractivity contribution is 5.81. The predicted octanol–water partition coefficient (Wildman–Crippen LogP) is 1.62. The van der Waals surface area contributed by atoms with E-state index in [2.05, 4.69) is 0 Å². The maximum Gasteiger partial charge on any atom is 0.328 e. The van der Waals surface area contributed by atoms with Crippen LogP contribution in [0.4, 0.5) is 5.69 Å². The largest absolute Gasteiger partial charge is 0.496 e. The van der Waals surface area contributed by atoms with Gasteiger partial charge in [-0.05, 0) is 25.0 Å². The molecule has 0 aromatic heterocycles. The predicted molar refractivity (Wildman–Crippen MR) is 65.5 cm³/mol. The fraction of sp³-hybridized carbons (Fsp3) is 0.462. The Bertz CT molecular complexity index is 431. The van der Waals surface area contributed by atoms with Gasteiger partial charge in [0, 0.05) is 18.3 Å². The van der Waals surface area contributed by atoms with Crippen LogP contribution in [-0.4, -0.2) is 33.3 Å². The van der Waals surface area contributed by atoms with Crippen molar-refractivity contribution >= 4 is 11.7 Å². The summed E-state index contributed by atoms with van der Waals surface area (Å²) in [6.07, 6.45) is 1.60. The molecule has 4 nitrogen and oxygen atoms in total. The summed E-state index contributed by atoms with van der Waals surface area (Å²) < 4.78 is 10.2. The summed E-state index contributed by atoms with van der Waals surface area (Å²) in [5.74, 6) is 0.707. The Morgan fingerprint density at radius 2 is 2.18 bits per heavy atom. The zero-order valence-electron chi connectivity index (χ0n) is 10.4. The number of carbonyl (C=O) groups is 1. The number of methoxy groups -OCH3 is 2. The minimum atomic E-state index is -0.195. The summed E-state index contributed by atoms with van der Waals surface area (Å²) in [5, 5.41) is 0. The number of carbonyl (C=O) groups excluding carboxylic acids is 1. The number of anilines is 1. The van der Waals surface area contributed by atoms with Gasteiger partial charge in [-0.3, -0.25) is 0 Å². The fourth-order valence-electron chi connectivity index (χ4n) is 2.38. The molecule has 0 bridgehead atoms. The Kier molecular flexibility index (Phi) is 3.22. The first-order chi connectivity index (χ1) is 8.19. The van der Waals surface area contributed by atoms with Crippen LogP contribution in [0.5, 0.6) is 5.75 Å². The van der Waals surface area contributed by atoms with Gasteiger partial charge in [0.2, 0.25) is 0 Å². The molecule has 92 valence electrons. The highest BCUT2D eigenvalue weighted by Gasteiger charge is 2.30. The first kappa shape index (κ1) is 11.8. The molecule has 17 heavy (non-hydrogen) atoms. The van der Waals surface area contributed by atoms with Crippen molar-refractivity contribution < 1.29 is 14.3 Å². The molecule has 0 saturated heterocycles. The molecule has 4 heteroatoms. The quantitative estimate of drug-likeness (QED) is 0.730. The minimum absolute atomic E-state index is 0.180. The zero-order chi connectivity index (χ0) is 12.4. The van der Waals surface area contributed by atoms with Gasteiger partial charge in [0.25, 0.3) is 0 Å². The van der Waals surface area contributed by atoms with E-state index in [4.69, 9.17) is 9.47 Å². The number of hydrogen-bond donors (Lipinski definition) is 0. The maximum atomic E-state index is 11.6. The van der Waals surface area contributed by atoms with Crippen molar-refractivity contribution in [2.24, 2.45) is 0 Å². The number of esters is 1. The summed E-state index contributed by atoms with van der Waals surface area (Å²) in [7, 11) is 5.01. The summed E-state index contributed by atoms with van der Waals surface area (Å²) in [5.41, 5.74) is 2.21. The van der Waals surface area contributed by atoms with Crippen LogP contribution < -0.4 is 9.64 Å². The molecule has 1 atom stereocenters. The molecule has 0 aliphatic carbocycles. The fourth-order valence-corrected chi connectivity index (χ4v) is 2.38. The Labute approximate surface area is 101 Å². The first-order valence-corrected chi connectivity index (χ1v) is 5.65. The van der Waals surface area contributed by atoms with E-state index in [1.54, 1.807) is 7.11 Å². The van der Waals surface area contributed by atoms with Crippen LogP contribution in [-0.2, 0) is 16.0 Å². The van der Waals surface area contributed by atoms with Gasteiger partial charge in [-0.1, -0.05) is 6.07 Å². The molecule has 1 aromatic rings. The third kappa shape index (κ3) is 1.95. The van der Waals surface area contributed by atoms with E-state index >= 15 is 0 Å². The molecule has 1 aromatic carbocycles. The lowest BCUT2D eigenvalue weighted by molar-refractivity contribution is -0.142. The number of fused-ring (bicyclic) bond motifs is 1. The zero-order valence-corrected chi connectivity index (χ0v) is 10.4. The highest BCUT2D eigenvalue weighted by atomic mass is 16.5. The molecule has 1 unspecified atom stereocenters. The topological polar surface area (TPSA) is 38.8 Å². The van der Waals surface area contributed by atoms with Crippen LogP contribution in [0.25, 0.3) is 0 Å². The van der Waals surface area contributed by atoms with E-state index in [1.807, 2.05) is 30.1 Å². The van der Waals surface area contributed by atoms with Crippen molar-refractivity contribution in [3.63, 3.8) is 0 Å². The van der Waals surface area contributed by atoms with Gasteiger partial charge >= 0.3 is 5.97 Å². The second-order valence-corrected chi connectivity index (χ2v) is 4.15. The normalized spacial score (nSPS) is 18.5. The molecule has 2 rings (SSSR count). The molecular formula is C13H17NO3. The molecule has 0 N–H and O–H groups in total. The van der Waals surface area contributed by atoms with E-state index in [-0.39, 0.29) is 12.0 Å². The van der Waals surface area contributed by atoms with Crippen LogP contribution in [0.2, 0.25) is 0 Å². The van der Waals surface area contributed by atoms with Crippen LogP contribution in [0.3, 0.4) is 0 Å². The van der Waals surface area contributed by atoms with E-state index in [0.717, 1.165) is 29.8 Å². The smallest absolute Gasteiger partial charge is 0.328 e. The van der Waals surface area contributed by atoms with Gasteiger partial charge in [0.05, 0.1) is 14.2 Å². The lowest BCUT2D eigenvalue weighted by atomic mass is 9.95. The Morgan fingerprint density at radius 1 is 1.41 bits per heavy atom. The van der Waals surface area contributed by atoms with Gasteiger partial charge in [-0.25, -0.2) is 4.79 Å². The van der Waals surface area contributed by atoms with Crippen molar-refractivity contribution in [1.82, 2.24) is 0 Å². The lowest BCUT2D eigenvalue weighted by Crippen LogP contribution is -2.42. The van der Waals surface area contributed by atoms with Crippen molar-refractivity contribution in [3.05, 3.63) is 23.8 Å².